The molecule has 132 valence electrons. The van der Waals surface area contributed by atoms with Crippen LogP contribution in [0.3, 0.4) is 0 Å². The van der Waals surface area contributed by atoms with Crippen LogP contribution in [0.4, 0.5) is 4.79 Å². The van der Waals surface area contributed by atoms with E-state index in [9.17, 15) is 14.7 Å². The summed E-state index contributed by atoms with van der Waals surface area (Å²) in [6, 6.07) is -0.0692. The largest absolute Gasteiger partial charge is 0.480 e. The summed E-state index contributed by atoms with van der Waals surface area (Å²) in [5.74, 6) is -0.210. The number of aliphatic carboxylic acids is 1. The second-order valence-corrected chi connectivity index (χ2v) is 7.28. The number of hydrogen-bond acceptors (Lipinski definition) is 4. The van der Waals surface area contributed by atoms with Crippen LogP contribution >= 0.6 is 0 Å². The van der Waals surface area contributed by atoms with Crippen molar-refractivity contribution in [2.24, 2.45) is 5.92 Å². The SMILES string of the molecule is CC(C)CC(C)OC(=O)N1CCC(N2CCCC2C(=O)O)CC1. The van der Waals surface area contributed by atoms with Gasteiger partial charge in [0.2, 0.25) is 0 Å². The third-order valence-electron chi connectivity index (χ3n) is 4.88. The number of nitrogens with zero attached hydrogens (tertiary/aromatic N) is 2. The Morgan fingerprint density at radius 1 is 1.13 bits per heavy atom. The van der Waals surface area contributed by atoms with E-state index in [0.717, 1.165) is 38.6 Å². The van der Waals surface area contributed by atoms with Gasteiger partial charge < -0.3 is 14.7 Å². The van der Waals surface area contributed by atoms with Gasteiger partial charge in [-0.05, 0) is 51.5 Å². The van der Waals surface area contributed by atoms with Crippen LogP contribution in [0.15, 0.2) is 0 Å². The van der Waals surface area contributed by atoms with Gasteiger partial charge in [-0.3, -0.25) is 9.69 Å². The highest BCUT2D eigenvalue weighted by molar-refractivity contribution is 5.74. The van der Waals surface area contributed by atoms with Crippen molar-refractivity contribution in [3.05, 3.63) is 0 Å². The minimum absolute atomic E-state index is 0.0600. The molecule has 2 saturated heterocycles. The number of amides is 1. The molecule has 1 amide bonds. The van der Waals surface area contributed by atoms with Crippen molar-refractivity contribution in [2.45, 2.75) is 71.1 Å². The lowest BCUT2D eigenvalue weighted by atomic mass is 10.0. The molecule has 2 atom stereocenters. The second-order valence-electron chi connectivity index (χ2n) is 7.28. The summed E-state index contributed by atoms with van der Waals surface area (Å²) in [7, 11) is 0. The van der Waals surface area contributed by atoms with E-state index < -0.39 is 5.97 Å². The summed E-state index contributed by atoms with van der Waals surface area (Å²) in [4.78, 5) is 27.4. The van der Waals surface area contributed by atoms with Crippen LogP contribution in [-0.4, -0.2) is 64.8 Å². The molecule has 0 saturated carbocycles. The van der Waals surface area contributed by atoms with Crippen LogP contribution in [0.1, 0.15) is 52.9 Å². The Balaban J connectivity index is 1.79. The molecule has 0 aromatic rings. The standard InChI is InChI=1S/C17H30N2O4/c1-12(2)11-13(3)23-17(22)18-9-6-14(7-10-18)19-8-4-5-15(19)16(20)21/h12-15H,4-11H2,1-3H3,(H,20,21). The highest BCUT2D eigenvalue weighted by Gasteiger charge is 2.37. The van der Waals surface area contributed by atoms with Crippen molar-refractivity contribution >= 4 is 12.1 Å². The molecular weight excluding hydrogens is 296 g/mol. The van der Waals surface area contributed by atoms with Gasteiger partial charge in [-0.1, -0.05) is 13.8 Å². The normalized spacial score (nSPS) is 24.9. The molecule has 6 heteroatoms. The van der Waals surface area contributed by atoms with Gasteiger partial charge in [0.05, 0.1) is 0 Å². The van der Waals surface area contributed by atoms with Crippen molar-refractivity contribution in [1.82, 2.24) is 9.80 Å². The first-order valence-electron chi connectivity index (χ1n) is 8.82. The minimum atomic E-state index is -0.716. The predicted molar refractivity (Wildman–Crippen MR) is 87.4 cm³/mol. The maximum Gasteiger partial charge on any atom is 0.410 e. The summed E-state index contributed by atoms with van der Waals surface area (Å²) >= 11 is 0. The maximum atomic E-state index is 12.2. The smallest absolute Gasteiger partial charge is 0.410 e. The molecule has 1 N–H and O–H groups in total. The number of carbonyl (C=O) groups excluding carboxylic acids is 1. The average molecular weight is 326 g/mol. The first kappa shape index (κ1) is 18.0. The molecule has 2 aliphatic rings. The molecule has 2 rings (SSSR count). The Morgan fingerprint density at radius 2 is 1.78 bits per heavy atom. The fourth-order valence-electron chi connectivity index (χ4n) is 3.83. The van der Waals surface area contributed by atoms with Crippen LogP contribution in [0.5, 0.6) is 0 Å². The lowest BCUT2D eigenvalue weighted by Crippen LogP contribution is -2.50. The van der Waals surface area contributed by atoms with Crippen molar-refractivity contribution in [1.29, 1.82) is 0 Å². The summed E-state index contributed by atoms with van der Waals surface area (Å²) in [6.07, 6.45) is 3.93. The van der Waals surface area contributed by atoms with Crippen molar-refractivity contribution in [2.75, 3.05) is 19.6 Å². The Hall–Kier alpha value is -1.30. The molecule has 2 fully saturated rings. The quantitative estimate of drug-likeness (QED) is 0.841. The maximum absolute atomic E-state index is 12.2. The van der Waals surface area contributed by atoms with Crippen molar-refractivity contribution in [3.63, 3.8) is 0 Å². The molecule has 2 heterocycles. The van der Waals surface area contributed by atoms with Gasteiger partial charge in [0.15, 0.2) is 0 Å². The topological polar surface area (TPSA) is 70.1 Å². The molecule has 2 unspecified atom stereocenters. The van der Waals surface area contributed by atoms with Crippen LogP contribution in [0, 0.1) is 5.92 Å². The lowest BCUT2D eigenvalue weighted by Gasteiger charge is -2.38. The van der Waals surface area contributed by atoms with Gasteiger partial charge >= 0.3 is 12.1 Å². The Labute approximate surface area is 138 Å². The van der Waals surface area contributed by atoms with Gasteiger partial charge in [0, 0.05) is 19.1 Å². The van der Waals surface area contributed by atoms with E-state index in [2.05, 4.69) is 18.7 Å². The van der Waals surface area contributed by atoms with Crippen molar-refractivity contribution in [3.8, 4) is 0 Å². The summed E-state index contributed by atoms with van der Waals surface area (Å²) in [5.41, 5.74) is 0. The van der Waals surface area contributed by atoms with E-state index >= 15 is 0 Å². The first-order chi connectivity index (χ1) is 10.9. The lowest BCUT2D eigenvalue weighted by molar-refractivity contribution is -0.143. The fraction of sp³-hybridized carbons (Fsp3) is 0.882. The van der Waals surface area contributed by atoms with Gasteiger partial charge in [-0.25, -0.2) is 4.79 Å². The van der Waals surface area contributed by atoms with E-state index in [1.807, 2.05) is 6.92 Å². The third-order valence-corrected chi connectivity index (χ3v) is 4.88. The molecule has 0 radical (unpaired) electrons. The number of piperidine rings is 1. The third kappa shape index (κ3) is 4.83. The van der Waals surface area contributed by atoms with E-state index in [-0.39, 0.29) is 24.3 Å². The molecule has 0 aromatic carbocycles. The zero-order valence-electron chi connectivity index (χ0n) is 14.5. The van der Waals surface area contributed by atoms with Gasteiger partial charge in [-0.2, -0.15) is 0 Å². The first-order valence-corrected chi connectivity index (χ1v) is 8.82. The summed E-state index contributed by atoms with van der Waals surface area (Å²) in [5, 5.41) is 9.30. The molecule has 0 aliphatic carbocycles. The summed E-state index contributed by atoms with van der Waals surface area (Å²) < 4.78 is 5.50. The zero-order chi connectivity index (χ0) is 17.0. The predicted octanol–water partition coefficient (Wildman–Crippen LogP) is 2.57. The van der Waals surface area contributed by atoms with Gasteiger partial charge in [0.25, 0.3) is 0 Å². The second kappa shape index (κ2) is 7.99. The van der Waals surface area contributed by atoms with E-state index in [1.165, 1.54) is 0 Å². The number of ether oxygens (including phenoxy) is 1. The molecule has 6 nitrogen and oxygen atoms in total. The van der Waals surface area contributed by atoms with Crippen LogP contribution in [0.2, 0.25) is 0 Å². The number of hydrogen-bond donors (Lipinski definition) is 1. The molecule has 0 aromatic heterocycles. The Bertz CT molecular complexity index is 419. The van der Waals surface area contributed by atoms with Crippen LogP contribution < -0.4 is 0 Å². The van der Waals surface area contributed by atoms with Gasteiger partial charge in [-0.15, -0.1) is 0 Å². The fourth-order valence-corrected chi connectivity index (χ4v) is 3.83. The Morgan fingerprint density at radius 3 is 2.35 bits per heavy atom. The number of carbonyl (C=O) groups is 2. The highest BCUT2D eigenvalue weighted by Crippen LogP contribution is 2.26. The molecule has 23 heavy (non-hydrogen) atoms. The number of likely N-dealkylation sites (tertiary alicyclic amines) is 2. The summed E-state index contributed by atoms with van der Waals surface area (Å²) in [6.45, 7) is 8.33. The number of carboxylic acid groups (broad SMARTS) is 1. The molecule has 2 aliphatic heterocycles. The van der Waals surface area contributed by atoms with Gasteiger partial charge in [0.1, 0.15) is 12.1 Å². The minimum Gasteiger partial charge on any atom is -0.480 e. The average Bonchev–Trinajstić information content (AvgIpc) is 2.96. The monoisotopic (exact) mass is 326 g/mol. The zero-order valence-corrected chi connectivity index (χ0v) is 14.5. The number of carboxylic acids is 1. The highest BCUT2D eigenvalue weighted by atomic mass is 16.6. The Kier molecular flexibility index (Phi) is 6.27. The van der Waals surface area contributed by atoms with E-state index in [4.69, 9.17) is 4.74 Å². The van der Waals surface area contributed by atoms with Crippen LogP contribution in [0.25, 0.3) is 0 Å². The molecule has 0 bridgehead atoms. The van der Waals surface area contributed by atoms with Crippen LogP contribution in [-0.2, 0) is 9.53 Å². The molecular formula is C17H30N2O4. The van der Waals surface area contributed by atoms with E-state index in [1.54, 1.807) is 4.90 Å². The molecule has 0 spiro atoms. The number of rotatable bonds is 5. The van der Waals surface area contributed by atoms with Crippen molar-refractivity contribution < 1.29 is 19.4 Å². The van der Waals surface area contributed by atoms with E-state index in [0.29, 0.717) is 19.0 Å².